The maximum Gasteiger partial charge on any atom is 0.228 e. The van der Waals surface area contributed by atoms with Gasteiger partial charge in [0.2, 0.25) is 17.8 Å². The maximum atomic E-state index is 13.1. The number of benzene rings is 1. The van der Waals surface area contributed by atoms with Gasteiger partial charge in [0.25, 0.3) is 0 Å². The lowest BCUT2D eigenvalue weighted by atomic mass is 10.1. The third kappa shape index (κ3) is 4.08. The molecule has 158 valence electrons. The Balaban J connectivity index is 1.38. The zero-order valence-electron chi connectivity index (χ0n) is 17.8. The predicted molar refractivity (Wildman–Crippen MR) is 117 cm³/mol. The third-order valence-electron chi connectivity index (χ3n) is 5.70. The van der Waals surface area contributed by atoms with Crippen LogP contribution in [-0.4, -0.2) is 73.5 Å². The number of amides is 2. The van der Waals surface area contributed by atoms with Gasteiger partial charge in [-0.1, -0.05) is 18.2 Å². The Morgan fingerprint density at radius 1 is 1.07 bits per heavy atom. The second-order valence-corrected chi connectivity index (χ2v) is 8.12. The largest absolute Gasteiger partial charge is 0.363 e. The van der Waals surface area contributed by atoms with Crippen LogP contribution in [0.4, 0.5) is 17.5 Å². The van der Waals surface area contributed by atoms with E-state index in [2.05, 4.69) is 14.9 Å². The Kier molecular flexibility index (Phi) is 5.57. The molecule has 2 aromatic rings. The van der Waals surface area contributed by atoms with E-state index in [1.807, 2.05) is 67.2 Å². The molecule has 8 heteroatoms. The summed E-state index contributed by atoms with van der Waals surface area (Å²) in [7, 11) is 3.92. The number of nitrogens with zero attached hydrogens (tertiary/aromatic N) is 6. The third-order valence-corrected chi connectivity index (χ3v) is 5.70. The number of hydrogen-bond acceptors (Lipinski definition) is 6. The highest BCUT2D eigenvalue weighted by Crippen LogP contribution is 2.27. The molecule has 2 aliphatic heterocycles. The van der Waals surface area contributed by atoms with Crippen molar-refractivity contribution >= 4 is 29.3 Å². The van der Waals surface area contributed by atoms with E-state index < -0.39 is 0 Å². The van der Waals surface area contributed by atoms with E-state index in [1.165, 1.54) is 0 Å². The normalized spacial score (nSPS) is 19.4. The Labute approximate surface area is 177 Å². The van der Waals surface area contributed by atoms with Gasteiger partial charge in [-0.05, 0) is 19.1 Å². The molecule has 4 rings (SSSR count). The average molecular weight is 409 g/mol. The van der Waals surface area contributed by atoms with Crippen molar-refractivity contribution in [1.29, 1.82) is 0 Å². The van der Waals surface area contributed by atoms with Crippen molar-refractivity contribution in [3.63, 3.8) is 0 Å². The molecule has 2 amide bonds. The molecule has 0 saturated carbocycles. The molecular formula is C22H28N6O2. The van der Waals surface area contributed by atoms with Crippen molar-refractivity contribution in [3.8, 4) is 0 Å². The van der Waals surface area contributed by atoms with E-state index in [1.54, 1.807) is 4.90 Å². The van der Waals surface area contributed by atoms with E-state index in [0.717, 1.165) is 17.2 Å². The second-order valence-electron chi connectivity index (χ2n) is 8.12. The summed E-state index contributed by atoms with van der Waals surface area (Å²) >= 11 is 0. The van der Waals surface area contributed by atoms with Crippen molar-refractivity contribution < 1.29 is 9.59 Å². The van der Waals surface area contributed by atoms with Crippen LogP contribution in [0.5, 0.6) is 0 Å². The SMILES string of the molecule is Cc1cc(N(C)C)nc(N2CCN(C(=O)C3CC(=O)N(c4ccccc4)C3)CC2)n1. The molecule has 1 unspecified atom stereocenters. The highest BCUT2D eigenvalue weighted by Gasteiger charge is 2.38. The lowest BCUT2D eigenvalue weighted by molar-refractivity contribution is -0.136. The van der Waals surface area contributed by atoms with E-state index >= 15 is 0 Å². The Hall–Kier alpha value is -3.16. The van der Waals surface area contributed by atoms with Gasteiger partial charge < -0.3 is 19.6 Å². The Bertz CT molecular complexity index is 924. The van der Waals surface area contributed by atoms with Crippen LogP contribution in [0.2, 0.25) is 0 Å². The Morgan fingerprint density at radius 2 is 1.77 bits per heavy atom. The van der Waals surface area contributed by atoms with Gasteiger partial charge in [-0.3, -0.25) is 9.59 Å². The Morgan fingerprint density at radius 3 is 2.43 bits per heavy atom. The monoisotopic (exact) mass is 408 g/mol. The van der Waals surface area contributed by atoms with Gasteiger partial charge in [0.05, 0.1) is 5.92 Å². The molecule has 2 saturated heterocycles. The highest BCUT2D eigenvalue weighted by atomic mass is 16.2. The number of hydrogen-bond donors (Lipinski definition) is 0. The number of aryl methyl sites for hydroxylation is 1. The van der Waals surface area contributed by atoms with Crippen LogP contribution in [0.25, 0.3) is 0 Å². The van der Waals surface area contributed by atoms with Crippen LogP contribution in [0.3, 0.4) is 0 Å². The van der Waals surface area contributed by atoms with Crippen LogP contribution in [0.15, 0.2) is 36.4 Å². The van der Waals surface area contributed by atoms with Crippen LogP contribution < -0.4 is 14.7 Å². The van der Waals surface area contributed by atoms with E-state index in [0.29, 0.717) is 38.7 Å². The van der Waals surface area contributed by atoms with Gasteiger partial charge in [0, 0.05) is 70.7 Å². The van der Waals surface area contributed by atoms with Crippen molar-refractivity contribution in [1.82, 2.24) is 14.9 Å². The molecule has 0 aliphatic carbocycles. The molecule has 2 fully saturated rings. The molecule has 0 N–H and O–H groups in total. The summed E-state index contributed by atoms with van der Waals surface area (Å²) in [5.74, 6) is 1.39. The van der Waals surface area contributed by atoms with Gasteiger partial charge in [0.1, 0.15) is 5.82 Å². The van der Waals surface area contributed by atoms with Gasteiger partial charge in [-0.15, -0.1) is 0 Å². The summed E-state index contributed by atoms with van der Waals surface area (Å²) in [6.07, 6.45) is 0.279. The second kappa shape index (κ2) is 8.30. The molecule has 3 heterocycles. The van der Waals surface area contributed by atoms with Gasteiger partial charge >= 0.3 is 0 Å². The summed E-state index contributed by atoms with van der Waals surface area (Å²) < 4.78 is 0. The quantitative estimate of drug-likeness (QED) is 0.764. The number of piperazine rings is 1. The molecule has 30 heavy (non-hydrogen) atoms. The first-order chi connectivity index (χ1) is 14.4. The minimum absolute atomic E-state index is 0.0163. The smallest absolute Gasteiger partial charge is 0.228 e. The highest BCUT2D eigenvalue weighted by molar-refractivity contribution is 6.00. The maximum absolute atomic E-state index is 13.1. The molecule has 1 aromatic carbocycles. The number of rotatable bonds is 4. The molecular weight excluding hydrogens is 380 g/mol. The summed E-state index contributed by atoms with van der Waals surface area (Å²) in [6.45, 7) is 5.02. The van der Waals surface area contributed by atoms with Gasteiger partial charge in [-0.2, -0.15) is 4.98 Å². The van der Waals surface area contributed by atoms with Crippen LogP contribution >= 0.6 is 0 Å². The van der Waals surface area contributed by atoms with Crippen LogP contribution in [0.1, 0.15) is 12.1 Å². The van der Waals surface area contributed by atoms with Crippen molar-refractivity contribution in [2.24, 2.45) is 5.92 Å². The molecule has 0 radical (unpaired) electrons. The molecule has 2 aliphatic rings. The number of anilines is 3. The zero-order valence-corrected chi connectivity index (χ0v) is 17.8. The molecule has 1 aromatic heterocycles. The summed E-state index contributed by atoms with van der Waals surface area (Å²) in [6, 6.07) is 11.5. The number of aromatic nitrogens is 2. The number of carbonyl (C=O) groups excluding carboxylic acids is 2. The lowest BCUT2D eigenvalue weighted by Crippen LogP contribution is -2.51. The molecule has 1 atom stereocenters. The first-order valence-corrected chi connectivity index (χ1v) is 10.3. The summed E-state index contributed by atoms with van der Waals surface area (Å²) in [5, 5.41) is 0. The first-order valence-electron chi connectivity index (χ1n) is 10.3. The first kappa shape index (κ1) is 20.1. The van der Waals surface area contributed by atoms with Crippen LogP contribution in [-0.2, 0) is 9.59 Å². The number of carbonyl (C=O) groups is 2. The zero-order chi connectivity index (χ0) is 21.3. The molecule has 8 nitrogen and oxygen atoms in total. The van der Waals surface area contributed by atoms with Crippen molar-refractivity contribution in [2.45, 2.75) is 13.3 Å². The van der Waals surface area contributed by atoms with Gasteiger partial charge in [-0.25, -0.2) is 4.98 Å². The molecule has 0 spiro atoms. The lowest BCUT2D eigenvalue weighted by Gasteiger charge is -2.36. The fraction of sp³-hybridized carbons (Fsp3) is 0.455. The minimum Gasteiger partial charge on any atom is -0.363 e. The van der Waals surface area contributed by atoms with E-state index in [4.69, 9.17) is 0 Å². The standard InChI is InChI=1S/C22H28N6O2/c1-16-13-19(25(2)3)24-22(23-16)27-11-9-26(10-12-27)21(30)17-14-20(29)28(15-17)18-7-5-4-6-8-18/h4-8,13,17H,9-12,14-15H2,1-3H3. The van der Waals surface area contributed by atoms with Gasteiger partial charge in [0.15, 0.2) is 0 Å². The van der Waals surface area contributed by atoms with E-state index in [-0.39, 0.29) is 24.2 Å². The topological polar surface area (TPSA) is 72.9 Å². The van der Waals surface area contributed by atoms with E-state index in [9.17, 15) is 9.59 Å². The van der Waals surface area contributed by atoms with Crippen LogP contribution in [0, 0.1) is 12.8 Å². The fourth-order valence-corrected chi connectivity index (χ4v) is 4.02. The fourth-order valence-electron chi connectivity index (χ4n) is 4.02. The van der Waals surface area contributed by atoms with Crippen molar-refractivity contribution in [3.05, 3.63) is 42.1 Å². The predicted octanol–water partition coefficient (Wildman–Crippen LogP) is 1.55. The average Bonchev–Trinajstić information content (AvgIpc) is 3.15. The van der Waals surface area contributed by atoms with Crippen molar-refractivity contribution in [2.75, 3.05) is 61.5 Å². The minimum atomic E-state index is -0.278. The summed E-state index contributed by atoms with van der Waals surface area (Å²) in [5.41, 5.74) is 1.78. The summed E-state index contributed by atoms with van der Waals surface area (Å²) in [4.78, 5) is 42.4. The number of para-hydroxylation sites is 1. The molecule has 0 bridgehead atoms.